The van der Waals surface area contributed by atoms with Crippen LogP contribution in [0.25, 0.3) is 0 Å². The van der Waals surface area contributed by atoms with Crippen LogP contribution in [-0.2, 0) is 10.2 Å². The highest BCUT2D eigenvalue weighted by Gasteiger charge is 2.29. The van der Waals surface area contributed by atoms with Gasteiger partial charge in [0.1, 0.15) is 0 Å². The summed E-state index contributed by atoms with van der Waals surface area (Å²) in [6, 6.07) is 13.7. The molecule has 22 heavy (non-hydrogen) atoms. The van der Waals surface area contributed by atoms with Gasteiger partial charge in [0.05, 0.1) is 5.41 Å². The highest BCUT2D eigenvalue weighted by Crippen LogP contribution is 2.26. The third-order valence-electron chi connectivity index (χ3n) is 3.54. The van der Waals surface area contributed by atoms with Gasteiger partial charge in [-0.2, -0.15) is 0 Å². The molecule has 0 aliphatic carbocycles. The lowest BCUT2D eigenvalue weighted by Crippen LogP contribution is -2.34. The van der Waals surface area contributed by atoms with Gasteiger partial charge >= 0.3 is 0 Å². The highest BCUT2D eigenvalue weighted by atomic mass is 35.5. The molecule has 0 bridgehead atoms. The molecular formula is C17H17ClN2O2. The smallest absolute Gasteiger partial charge is 0.248 e. The van der Waals surface area contributed by atoms with E-state index in [0.29, 0.717) is 16.3 Å². The molecule has 0 radical (unpaired) electrons. The van der Waals surface area contributed by atoms with Crippen LogP contribution in [-0.4, -0.2) is 11.8 Å². The minimum absolute atomic E-state index is 0.184. The Balaban J connectivity index is 2.22. The molecule has 2 aromatic rings. The fourth-order valence-electron chi connectivity index (χ4n) is 2.04. The lowest BCUT2D eigenvalue weighted by Gasteiger charge is -2.24. The molecule has 4 nitrogen and oxygen atoms in total. The molecule has 0 saturated heterocycles. The van der Waals surface area contributed by atoms with Crippen LogP contribution in [0.2, 0.25) is 5.02 Å². The Morgan fingerprint density at radius 2 is 1.73 bits per heavy atom. The van der Waals surface area contributed by atoms with Gasteiger partial charge in [0.15, 0.2) is 0 Å². The monoisotopic (exact) mass is 316 g/mol. The molecule has 114 valence electrons. The van der Waals surface area contributed by atoms with E-state index in [0.717, 1.165) is 5.56 Å². The minimum Gasteiger partial charge on any atom is -0.366 e. The summed E-state index contributed by atoms with van der Waals surface area (Å²) in [7, 11) is 0. The van der Waals surface area contributed by atoms with Crippen molar-refractivity contribution in [1.29, 1.82) is 0 Å². The molecule has 0 aromatic heterocycles. The number of hydrogen-bond acceptors (Lipinski definition) is 2. The molecule has 2 aromatic carbocycles. The SMILES string of the molecule is CC(C)(C(=O)Nc1cccc(C(N)=O)c1)c1ccc(Cl)cc1. The number of carbonyl (C=O) groups excluding carboxylic acids is 2. The largest absolute Gasteiger partial charge is 0.366 e. The predicted octanol–water partition coefficient (Wildman–Crippen LogP) is 3.36. The zero-order valence-electron chi connectivity index (χ0n) is 12.4. The van der Waals surface area contributed by atoms with E-state index < -0.39 is 11.3 Å². The van der Waals surface area contributed by atoms with Crippen LogP contribution >= 0.6 is 11.6 Å². The number of primary amides is 1. The van der Waals surface area contributed by atoms with Crippen molar-refractivity contribution in [2.75, 3.05) is 5.32 Å². The van der Waals surface area contributed by atoms with Crippen molar-refractivity contribution in [3.05, 3.63) is 64.7 Å². The normalized spacial score (nSPS) is 11.0. The molecule has 0 aliphatic rings. The third kappa shape index (κ3) is 3.46. The third-order valence-corrected chi connectivity index (χ3v) is 3.79. The zero-order valence-corrected chi connectivity index (χ0v) is 13.1. The van der Waals surface area contributed by atoms with Gasteiger partial charge in [-0.25, -0.2) is 0 Å². The second kappa shape index (κ2) is 6.20. The number of benzene rings is 2. The van der Waals surface area contributed by atoms with Crippen LogP contribution in [0.5, 0.6) is 0 Å². The maximum absolute atomic E-state index is 12.5. The number of rotatable bonds is 4. The summed E-state index contributed by atoms with van der Waals surface area (Å²) in [5, 5.41) is 3.43. The maximum atomic E-state index is 12.5. The number of hydrogen-bond donors (Lipinski definition) is 2. The van der Waals surface area contributed by atoms with E-state index in [1.54, 1.807) is 36.4 Å². The average Bonchev–Trinajstić information content (AvgIpc) is 2.48. The fourth-order valence-corrected chi connectivity index (χ4v) is 2.16. The Hall–Kier alpha value is -2.33. The van der Waals surface area contributed by atoms with Crippen LogP contribution in [0, 0.1) is 0 Å². The van der Waals surface area contributed by atoms with E-state index in [9.17, 15) is 9.59 Å². The van der Waals surface area contributed by atoms with Gasteiger partial charge < -0.3 is 11.1 Å². The van der Waals surface area contributed by atoms with E-state index >= 15 is 0 Å². The van der Waals surface area contributed by atoms with Gasteiger partial charge in [0.25, 0.3) is 0 Å². The molecular weight excluding hydrogens is 300 g/mol. The van der Waals surface area contributed by atoms with Gasteiger partial charge in [-0.05, 0) is 49.7 Å². The van der Waals surface area contributed by atoms with Crippen molar-refractivity contribution < 1.29 is 9.59 Å². The van der Waals surface area contributed by atoms with Crippen LogP contribution in [0.15, 0.2) is 48.5 Å². The first kappa shape index (κ1) is 16.0. The molecule has 0 spiro atoms. The summed E-state index contributed by atoms with van der Waals surface area (Å²) in [6.45, 7) is 3.65. The summed E-state index contributed by atoms with van der Waals surface area (Å²) >= 11 is 5.87. The molecule has 5 heteroatoms. The topological polar surface area (TPSA) is 72.2 Å². The summed E-state index contributed by atoms with van der Waals surface area (Å²) < 4.78 is 0. The van der Waals surface area contributed by atoms with Gasteiger partial charge in [0.2, 0.25) is 11.8 Å². The van der Waals surface area contributed by atoms with Crippen molar-refractivity contribution in [2.24, 2.45) is 5.73 Å². The molecule has 0 saturated carbocycles. The summed E-state index contributed by atoms with van der Waals surface area (Å²) in [4.78, 5) is 23.7. The van der Waals surface area contributed by atoms with E-state index in [4.69, 9.17) is 17.3 Å². The standard InChI is InChI=1S/C17H17ClN2O2/c1-17(2,12-6-8-13(18)9-7-12)16(22)20-14-5-3-4-11(10-14)15(19)21/h3-10H,1-2H3,(H2,19,21)(H,20,22). The second-order valence-corrected chi connectivity index (χ2v) is 5.97. The van der Waals surface area contributed by atoms with E-state index in [1.165, 1.54) is 0 Å². The van der Waals surface area contributed by atoms with Crippen molar-refractivity contribution in [1.82, 2.24) is 0 Å². The van der Waals surface area contributed by atoms with Crippen LogP contribution < -0.4 is 11.1 Å². The number of nitrogens with one attached hydrogen (secondary N) is 1. The van der Waals surface area contributed by atoms with Gasteiger partial charge in [-0.3, -0.25) is 9.59 Å². The van der Waals surface area contributed by atoms with Crippen molar-refractivity contribution in [3.8, 4) is 0 Å². The number of halogens is 1. The van der Waals surface area contributed by atoms with Gasteiger partial charge in [-0.1, -0.05) is 29.8 Å². The molecule has 0 aliphatic heterocycles. The lowest BCUT2D eigenvalue weighted by molar-refractivity contribution is -0.120. The number of amides is 2. The highest BCUT2D eigenvalue weighted by molar-refractivity contribution is 6.30. The molecule has 0 unspecified atom stereocenters. The molecule has 0 atom stereocenters. The first-order chi connectivity index (χ1) is 10.3. The van der Waals surface area contributed by atoms with Crippen molar-refractivity contribution in [2.45, 2.75) is 19.3 Å². The summed E-state index contributed by atoms with van der Waals surface area (Å²) in [6.07, 6.45) is 0. The van der Waals surface area contributed by atoms with E-state index in [2.05, 4.69) is 5.32 Å². The van der Waals surface area contributed by atoms with Crippen LogP contribution in [0.1, 0.15) is 29.8 Å². The van der Waals surface area contributed by atoms with Crippen molar-refractivity contribution >= 4 is 29.1 Å². The first-order valence-corrected chi connectivity index (χ1v) is 7.16. The molecule has 3 N–H and O–H groups in total. The van der Waals surface area contributed by atoms with Gasteiger partial charge in [-0.15, -0.1) is 0 Å². The van der Waals surface area contributed by atoms with E-state index in [1.807, 2.05) is 26.0 Å². The maximum Gasteiger partial charge on any atom is 0.248 e. The fraction of sp³-hybridized carbons (Fsp3) is 0.176. The molecule has 2 rings (SSSR count). The zero-order chi connectivity index (χ0) is 16.3. The molecule has 0 heterocycles. The molecule has 2 amide bonds. The Kier molecular flexibility index (Phi) is 4.52. The minimum atomic E-state index is -0.743. The number of carbonyl (C=O) groups is 2. The summed E-state index contributed by atoms with van der Waals surface area (Å²) in [5.74, 6) is -0.718. The number of anilines is 1. The second-order valence-electron chi connectivity index (χ2n) is 5.53. The Labute approximate surface area is 134 Å². The quantitative estimate of drug-likeness (QED) is 0.907. The Morgan fingerprint density at radius 1 is 1.09 bits per heavy atom. The average molecular weight is 317 g/mol. The lowest BCUT2D eigenvalue weighted by atomic mass is 9.83. The number of nitrogens with two attached hydrogens (primary N) is 1. The van der Waals surface area contributed by atoms with Gasteiger partial charge in [0, 0.05) is 16.3 Å². The molecule has 0 fully saturated rings. The van der Waals surface area contributed by atoms with Crippen molar-refractivity contribution in [3.63, 3.8) is 0 Å². The van der Waals surface area contributed by atoms with Crippen LogP contribution in [0.4, 0.5) is 5.69 Å². The van der Waals surface area contributed by atoms with Crippen LogP contribution in [0.3, 0.4) is 0 Å². The first-order valence-electron chi connectivity index (χ1n) is 6.78. The summed E-state index contributed by atoms with van der Waals surface area (Å²) in [5.41, 5.74) is 6.23. The van der Waals surface area contributed by atoms with E-state index in [-0.39, 0.29) is 5.91 Å². The Bertz CT molecular complexity index is 709. The Morgan fingerprint density at radius 3 is 2.32 bits per heavy atom. The predicted molar refractivity (Wildman–Crippen MR) is 88.1 cm³/mol.